The molecule has 0 N–H and O–H groups in total. The van der Waals surface area contributed by atoms with Crippen LogP contribution < -0.4 is 0 Å². The standard InChI is InChI=1S/C8H16O2Si/c1-11(2,3)7-5-4-6-10-8-9/h4-5,8H,6-7H2,1-3H3. The fourth-order valence-corrected chi connectivity index (χ4v) is 1.47. The molecule has 3 heteroatoms. The van der Waals surface area contributed by atoms with Gasteiger partial charge in [0.05, 0.1) is 0 Å². The molecule has 0 aromatic heterocycles. The minimum Gasteiger partial charge on any atom is -0.464 e. The first-order chi connectivity index (χ1) is 5.06. The molecular formula is C8H16O2Si. The van der Waals surface area contributed by atoms with E-state index in [1.165, 1.54) is 0 Å². The van der Waals surface area contributed by atoms with Crippen molar-refractivity contribution >= 4 is 14.5 Å². The van der Waals surface area contributed by atoms with Gasteiger partial charge in [-0.05, 0) is 6.04 Å². The van der Waals surface area contributed by atoms with Crippen LogP contribution in [0.25, 0.3) is 0 Å². The van der Waals surface area contributed by atoms with Crippen molar-refractivity contribution < 1.29 is 9.53 Å². The van der Waals surface area contributed by atoms with Crippen molar-refractivity contribution in [1.29, 1.82) is 0 Å². The van der Waals surface area contributed by atoms with Gasteiger partial charge in [-0.15, -0.1) is 0 Å². The summed E-state index contributed by atoms with van der Waals surface area (Å²) in [4.78, 5) is 9.72. The summed E-state index contributed by atoms with van der Waals surface area (Å²) >= 11 is 0. The molecule has 0 atom stereocenters. The summed E-state index contributed by atoms with van der Waals surface area (Å²) in [7, 11) is -0.948. The molecule has 0 unspecified atom stereocenters. The first kappa shape index (κ1) is 10.4. The van der Waals surface area contributed by atoms with Gasteiger partial charge in [0.2, 0.25) is 0 Å². The van der Waals surface area contributed by atoms with Gasteiger partial charge in [-0.2, -0.15) is 0 Å². The van der Waals surface area contributed by atoms with E-state index < -0.39 is 8.07 Å². The Balaban J connectivity index is 3.37. The fraction of sp³-hybridized carbons (Fsp3) is 0.625. The van der Waals surface area contributed by atoms with Crippen LogP contribution in [-0.2, 0) is 9.53 Å². The second-order valence-electron chi connectivity index (χ2n) is 3.67. The SMILES string of the molecule is C[Si](C)(C)CC=CCOC=O. The number of ether oxygens (including phenoxy) is 1. The predicted molar refractivity (Wildman–Crippen MR) is 49.3 cm³/mol. The summed E-state index contributed by atoms with van der Waals surface area (Å²) in [6, 6.07) is 1.15. The molecular weight excluding hydrogens is 156 g/mol. The van der Waals surface area contributed by atoms with E-state index in [2.05, 4.69) is 30.5 Å². The van der Waals surface area contributed by atoms with Gasteiger partial charge < -0.3 is 4.74 Å². The second-order valence-corrected chi connectivity index (χ2v) is 9.20. The van der Waals surface area contributed by atoms with Crippen LogP contribution in [-0.4, -0.2) is 21.2 Å². The summed E-state index contributed by atoms with van der Waals surface area (Å²) in [6.45, 7) is 7.79. The van der Waals surface area contributed by atoms with Crippen molar-refractivity contribution in [2.75, 3.05) is 6.61 Å². The van der Waals surface area contributed by atoms with Gasteiger partial charge in [0.1, 0.15) is 6.61 Å². The zero-order valence-corrected chi connectivity index (χ0v) is 8.46. The third-order valence-electron chi connectivity index (χ3n) is 1.16. The lowest BCUT2D eigenvalue weighted by molar-refractivity contribution is -0.127. The Morgan fingerprint density at radius 2 is 1.91 bits per heavy atom. The summed E-state index contributed by atoms with van der Waals surface area (Å²) in [5, 5.41) is 0. The smallest absolute Gasteiger partial charge is 0.293 e. The zero-order valence-electron chi connectivity index (χ0n) is 7.46. The van der Waals surface area contributed by atoms with E-state index in [-0.39, 0.29) is 0 Å². The summed E-state index contributed by atoms with van der Waals surface area (Å²) in [5.41, 5.74) is 0. The molecule has 0 saturated carbocycles. The van der Waals surface area contributed by atoms with Crippen LogP contribution in [0.2, 0.25) is 25.7 Å². The lowest BCUT2D eigenvalue weighted by Gasteiger charge is -2.11. The summed E-state index contributed by atoms with van der Waals surface area (Å²) in [5.74, 6) is 0. The van der Waals surface area contributed by atoms with E-state index >= 15 is 0 Å². The van der Waals surface area contributed by atoms with Crippen molar-refractivity contribution in [3.05, 3.63) is 12.2 Å². The topological polar surface area (TPSA) is 26.3 Å². The third-order valence-corrected chi connectivity index (χ3v) is 2.62. The Morgan fingerprint density at radius 3 is 2.36 bits per heavy atom. The minimum atomic E-state index is -0.948. The van der Waals surface area contributed by atoms with Gasteiger partial charge in [0.15, 0.2) is 0 Å². The van der Waals surface area contributed by atoms with Crippen molar-refractivity contribution in [3.63, 3.8) is 0 Å². The van der Waals surface area contributed by atoms with Crippen LogP contribution in [0.4, 0.5) is 0 Å². The van der Waals surface area contributed by atoms with E-state index in [9.17, 15) is 4.79 Å². The van der Waals surface area contributed by atoms with Crippen LogP contribution in [0.1, 0.15) is 0 Å². The van der Waals surface area contributed by atoms with Crippen molar-refractivity contribution in [2.24, 2.45) is 0 Å². The number of carbonyl (C=O) groups excluding carboxylic acids is 1. The van der Waals surface area contributed by atoms with Gasteiger partial charge in [-0.25, -0.2) is 0 Å². The number of hydrogen-bond acceptors (Lipinski definition) is 2. The van der Waals surface area contributed by atoms with Gasteiger partial charge in [-0.1, -0.05) is 31.8 Å². The molecule has 0 aliphatic rings. The van der Waals surface area contributed by atoms with Gasteiger partial charge in [-0.3, -0.25) is 4.79 Å². The van der Waals surface area contributed by atoms with Gasteiger partial charge in [0.25, 0.3) is 6.47 Å². The van der Waals surface area contributed by atoms with E-state index in [0.717, 1.165) is 6.04 Å². The Labute approximate surface area is 69.3 Å². The first-order valence-electron chi connectivity index (χ1n) is 3.76. The molecule has 0 aliphatic heterocycles. The summed E-state index contributed by atoms with van der Waals surface area (Å²) in [6.07, 6.45) is 3.99. The lowest BCUT2D eigenvalue weighted by atomic mass is 10.5. The van der Waals surface area contributed by atoms with Crippen molar-refractivity contribution in [2.45, 2.75) is 25.7 Å². The molecule has 0 spiro atoms. The average Bonchev–Trinajstić information content (AvgIpc) is 1.85. The van der Waals surface area contributed by atoms with Crippen LogP contribution in [0, 0.1) is 0 Å². The molecule has 11 heavy (non-hydrogen) atoms. The molecule has 0 rings (SSSR count). The molecule has 0 radical (unpaired) electrons. The highest BCUT2D eigenvalue weighted by atomic mass is 28.3. The first-order valence-corrected chi connectivity index (χ1v) is 7.47. The highest BCUT2D eigenvalue weighted by molar-refractivity contribution is 6.76. The van der Waals surface area contributed by atoms with E-state index in [0.29, 0.717) is 13.1 Å². The monoisotopic (exact) mass is 172 g/mol. The van der Waals surface area contributed by atoms with Crippen LogP contribution in [0.5, 0.6) is 0 Å². The molecule has 0 bridgehead atoms. The minimum absolute atomic E-state index is 0.411. The maximum absolute atomic E-state index is 9.72. The highest BCUT2D eigenvalue weighted by Crippen LogP contribution is 2.07. The summed E-state index contributed by atoms with van der Waals surface area (Å²) < 4.78 is 4.50. The predicted octanol–water partition coefficient (Wildman–Crippen LogP) is 2.05. The molecule has 0 amide bonds. The van der Waals surface area contributed by atoms with Crippen LogP contribution >= 0.6 is 0 Å². The molecule has 0 aliphatic carbocycles. The lowest BCUT2D eigenvalue weighted by Crippen LogP contribution is -2.17. The highest BCUT2D eigenvalue weighted by Gasteiger charge is 2.08. The maximum Gasteiger partial charge on any atom is 0.293 e. The average molecular weight is 172 g/mol. The van der Waals surface area contributed by atoms with Crippen LogP contribution in [0.15, 0.2) is 12.2 Å². The molecule has 0 fully saturated rings. The largest absolute Gasteiger partial charge is 0.464 e. The Bertz CT molecular complexity index is 136. The van der Waals surface area contributed by atoms with E-state index in [4.69, 9.17) is 0 Å². The molecule has 0 heterocycles. The number of carbonyl (C=O) groups is 1. The van der Waals surface area contributed by atoms with Gasteiger partial charge in [0, 0.05) is 8.07 Å². The number of hydrogen-bond donors (Lipinski definition) is 0. The number of allylic oxidation sites excluding steroid dienone is 1. The van der Waals surface area contributed by atoms with Crippen molar-refractivity contribution in [3.8, 4) is 0 Å². The van der Waals surface area contributed by atoms with E-state index in [1.54, 1.807) is 0 Å². The maximum atomic E-state index is 9.72. The third kappa shape index (κ3) is 9.43. The second kappa shape index (κ2) is 5.13. The molecule has 0 aromatic carbocycles. The Hall–Kier alpha value is -0.573. The molecule has 0 saturated heterocycles. The Kier molecular flexibility index (Phi) is 4.86. The zero-order chi connectivity index (χ0) is 8.74. The van der Waals surface area contributed by atoms with Gasteiger partial charge >= 0.3 is 0 Å². The molecule has 64 valence electrons. The molecule has 2 nitrogen and oxygen atoms in total. The van der Waals surface area contributed by atoms with E-state index in [1.807, 2.05) is 6.08 Å². The molecule has 0 aromatic rings. The van der Waals surface area contributed by atoms with Crippen molar-refractivity contribution in [1.82, 2.24) is 0 Å². The normalized spacial score (nSPS) is 11.9. The van der Waals surface area contributed by atoms with Crippen LogP contribution in [0.3, 0.4) is 0 Å². The quantitative estimate of drug-likeness (QED) is 0.274. The Morgan fingerprint density at radius 1 is 1.27 bits per heavy atom. The number of rotatable bonds is 5. The fourth-order valence-electron chi connectivity index (χ4n) is 0.600.